The Morgan fingerprint density at radius 1 is 1.35 bits per heavy atom. The van der Waals surface area contributed by atoms with Crippen LogP contribution < -0.4 is 10.6 Å². The summed E-state index contributed by atoms with van der Waals surface area (Å²) in [7, 11) is 0. The molecule has 1 aromatic rings. The highest BCUT2D eigenvalue weighted by molar-refractivity contribution is 14.0. The molecule has 0 saturated carbocycles. The van der Waals surface area contributed by atoms with E-state index in [0.717, 1.165) is 38.4 Å². The third-order valence-corrected chi connectivity index (χ3v) is 4.54. The van der Waals surface area contributed by atoms with Crippen LogP contribution in [-0.2, 0) is 6.54 Å². The van der Waals surface area contributed by atoms with Gasteiger partial charge in [-0.05, 0) is 33.6 Å². The van der Waals surface area contributed by atoms with Gasteiger partial charge in [-0.2, -0.15) is 0 Å². The Morgan fingerprint density at radius 3 is 2.58 bits per heavy atom. The van der Waals surface area contributed by atoms with Gasteiger partial charge in [0.1, 0.15) is 0 Å². The van der Waals surface area contributed by atoms with Gasteiger partial charge in [0.2, 0.25) is 0 Å². The van der Waals surface area contributed by atoms with Crippen LogP contribution in [0.25, 0.3) is 0 Å². The van der Waals surface area contributed by atoms with E-state index in [-0.39, 0.29) is 41.1 Å². The minimum Gasteiger partial charge on any atom is -0.357 e. The summed E-state index contributed by atoms with van der Waals surface area (Å²) >= 11 is 0. The van der Waals surface area contributed by atoms with Crippen molar-refractivity contribution in [1.29, 1.82) is 0 Å². The standard InChI is InChI=1S/C18H29N5O2.HI/c1-4-19-18(21-16-9-11-22(12-10-16)14(2)3)20-13-15-7-5-6-8-17(15)23(24)25;/h5-8,14,16H,4,9-13H2,1-3H3,(H2,19,20,21);1H. The number of hydrogen-bond donors (Lipinski definition) is 2. The maximum atomic E-state index is 11.1. The number of rotatable bonds is 6. The van der Waals surface area contributed by atoms with Crippen molar-refractivity contribution in [3.8, 4) is 0 Å². The Morgan fingerprint density at radius 2 is 2.00 bits per heavy atom. The number of nitro benzene ring substituents is 1. The number of nitrogens with one attached hydrogen (secondary N) is 2. The molecular formula is C18H30IN5O2. The highest BCUT2D eigenvalue weighted by Crippen LogP contribution is 2.18. The highest BCUT2D eigenvalue weighted by atomic mass is 127. The number of benzene rings is 1. The van der Waals surface area contributed by atoms with Gasteiger partial charge in [-0.25, -0.2) is 4.99 Å². The summed E-state index contributed by atoms with van der Waals surface area (Å²) in [5.41, 5.74) is 0.742. The monoisotopic (exact) mass is 475 g/mol. The Hall–Kier alpha value is -1.42. The molecule has 0 bridgehead atoms. The smallest absolute Gasteiger partial charge is 0.274 e. The first kappa shape index (κ1) is 22.6. The van der Waals surface area contributed by atoms with Crippen molar-refractivity contribution < 1.29 is 4.92 Å². The maximum absolute atomic E-state index is 11.1. The van der Waals surface area contributed by atoms with Gasteiger partial charge in [-0.3, -0.25) is 10.1 Å². The van der Waals surface area contributed by atoms with Crippen LogP contribution in [0.1, 0.15) is 39.2 Å². The van der Waals surface area contributed by atoms with E-state index in [9.17, 15) is 10.1 Å². The molecule has 146 valence electrons. The molecule has 8 heteroatoms. The molecule has 2 N–H and O–H groups in total. The van der Waals surface area contributed by atoms with Gasteiger partial charge < -0.3 is 15.5 Å². The van der Waals surface area contributed by atoms with Gasteiger partial charge in [-0.15, -0.1) is 24.0 Å². The van der Waals surface area contributed by atoms with E-state index < -0.39 is 0 Å². The number of nitrogens with zero attached hydrogens (tertiary/aromatic N) is 3. The average molecular weight is 475 g/mol. The van der Waals surface area contributed by atoms with Gasteiger partial charge in [0.05, 0.1) is 17.0 Å². The van der Waals surface area contributed by atoms with Crippen molar-refractivity contribution >= 4 is 35.6 Å². The molecule has 0 atom stereocenters. The number of halogens is 1. The number of hydrogen-bond acceptors (Lipinski definition) is 4. The van der Waals surface area contributed by atoms with Crippen molar-refractivity contribution in [2.24, 2.45) is 4.99 Å². The Labute approximate surface area is 172 Å². The van der Waals surface area contributed by atoms with Crippen LogP contribution in [0.2, 0.25) is 0 Å². The van der Waals surface area contributed by atoms with E-state index in [4.69, 9.17) is 0 Å². The third kappa shape index (κ3) is 6.71. The van der Waals surface area contributed by atoms with E-state index in [1.54, 1.807) is 18.2 Å². The second-order valence-electron chi connectivity index (χ2n) is 6.63. The molecule has 1 heterocycles. The summed E-state index contributed by atoms with van der Waals surface area (Å²) in [4.78, 5) is 17.8. The molecule has 2 rings (SSSR count). The molecule has 1 aliphatic heterocycles. The van der Waals surface area contributed by atoms with E-state index in [1.165, 1.54) is 6.07 Å². The molecule has 1 fully saturated rings. The molecule has 0 unspecified atom stereocenters. The molecule has 26 heavy (non-hydrogen) atoms. The lowest BCUT2D eigenvalue weighted by atomic mass is 10.0. The molecule has 0 aromatic heterocycles. The van der Waals surface area contributed by atoms with Crippen LogP contribution in [0.15, 0.2) is 29.3 Å². The maximum Gasteiger partial charge on any atom is 0.274 e. The van der Waals surface area contributed by atoms with Crippen LogP contribution in [0.4, 0.5) is 5.69 Å². The minimum atomic E-state index is -0.354. The number of guanidine groups is 1. The van der Waals surface area contributed by atoms with Crippen LogP contribution in [0, 0.1) is 10.1 Å². The zero-order valence-electron chi connectivity index (χ0n) is 15.8. The van der Waals surface area contributed by atoms with E-state index in [1.807, 2.05) is 6.92 Å². The Bertz CT molecular complexity index is 601. The van der Waals surface area contributed by atoms with Crippen LogP contribution >= 0.6 is 24.0 Å². The lowest BCUT2D eigenvalue weighted by Gasteiger charge is -2.35. The molecule has 0 spiro atoms. The predicted octanol–water partition coefficient (Wildman–Crippen LogP) is 3.14. The number of nitro groups is 1. The van der Waals surface area contributed by atoms with Crippen LogP contribution in [-0.4, -0.2) is 47.5 Å². The molecular weight excluding hydrogens is 445 g/mol. The predicted molar refractivity (Wildman–Crippen MR) is 116 cm³/mol. The second kappa shape index (κ2) is 11.3. The lowest BCUT2D eigenvalue weighted by Crippen LogP contribution is -2.49. The fourth-order valence-electron chi connectivity index (χ4n) is 3.06. The first-order valence-corrected chi connectivity index (χ1v) is 9.02. The quantitative estimate of drug-likeness (QED) is 0.217. The molecule has 7 nitrogen and oxygen atoms in total. The Balaban J connectivity index is 0.00000338. The summed E-state index contributed by atoms with van der Waals surface area (Å²) in [6, 6.07) is 7.73. The topological polar surface area (TPSA) is 82.8 Å². The fraction of sp³-hybridized carbons (Fsp3) is 0.611. The SMILES string of the molecule is CCNC(=NCc1ccccc1[N+](=O)[O-])NC1CCN(C(C)C)CC1.I. The van der Waals surface area contributed by atoms with Crippen LogP contribution in [0.5, 0.6) is 0 Å². The number of likely N-dealkylation sites (tertiary alicyclic amines) is 1. The van der Waals surface area contributed by atoms with Gasteiger partial charge in [0.15, 0.2) is 5.96 Å². The summed E-state index contributed by atoms with van der Waals surface area (Å²) in [5, 5.41) is 17.8. The fourth-order valence-corrected chi connectivity index (χ4v) is 3.06. The summed E-state index contributed by atoms with van der Waals surface area (Å²) < 4.78 is 0. The highest BCUT2D eigenvalue weighted by Gasteiger charge is 2.21. The van der Waals surface area contributed by atoms with Gasteiger partial charge in [-0.1, -0.05) is 18.2 Å². The third-order valence-electron chi connectivity index (χ3n) is 4.54. The van der Waals surface area contributed by atoms with Crippen molar-refractivity contribution in [2.45, 2.75) is 52.2 Å². The van der Waals surface area contributed by atoms with Gasteiger partial charge >= 0.3 is 0 Å². The van der Waals surface area contributed by atoms with Crippen molar-refractivity contribution in [3.05, 3.63) is 39.9 Å². The molecule has 1 aliphatic rings. The average Bonchev–Trinajstić information content (AvgIpc) is 2.60. The molecule has 0 amide bonds. The Kier molecular flexibility index (Phi) is 9.85. The second-order valence-corrected chi connectivity index (χ2v) is 6.63. The normalized spacial score (nSPS) is 16.2. The zero-order valence-corrected chi connectivity index (χ0v) is 18.1. The van der Waals surface area contributed by atoms with E-state index in [0.29, 0.717) is 17.6 Å². The minimum absolute atomic E-state index is 0. The molecule has 1 saturated heterocycles. The molecule has 1 aromatic carbocycles. The van der Waals surface area contributed by atoms with Crippen molar-refractivity contribution in [1.82, 2.24) is 15.5 Å². The van der Waals surface area contributed by atoms with Gasteiger partial charge in [0.25, 0.3) is 5.69 Å². The number of para-hydroxylation sites is 1. The largest absolute Gasteiger partial charge is 0.357 e. The summed E-state index contributed by atoms with van der Waals surface area (Å²) in [6.07, 6.45) is 2.15. The number of aliphatic imine (C=N–C) groups is 1. The lowest BCUT2D eigenvalue weighted by molar-refractivity contribution is -0.385. The van der Waals surface area contributed by atoms with Gasteiger partial charge in [0, 0.05) is 37.8 Å². The van der Waals surface area contributed by atoms with E-state index >= 15 is 0 Å². The molecule has 0 radical (unpaired) electrons. The van der Waals surface area contributed by atoms with Crippen LogP contribution in [0.3, 0.4) is 0 Å². The first-order valence-electron chi connectivity index (χ1n) is 9.02. The van der Waals surface area contributed by atoms with E-state index in [2.05, 4.69) is 34.4 Å². The van der Waals surface area contributed by atoms with Crippen molar-refractivity contribution in [3.63, 3.8) is 0 Å². The first-order chi connectivity index (χ1) is 12.0. The zero-order chi connectivity index (χ0) is 18.2. The van der Waals surface area contributed by atoms with Crippen molar-refractivity contribution in [2.75, 3.05) is 19.6 Å². The number of piperidine rings is 1. The summed E-state index contributed by atoms with van der Waals surface area (Å²) in [6.45, 7) is 9.68. The molecule has 0 aliphatic carbocycles. The summed E-state index contributed by atoms with van der Waals surface area (Å²) in [5.74, 6) is 0.726.